The van der Waals surface area contributed by atoms with Crippen LogP contribution in [0, 0.1) is 15.9 Å². The van der Waals surface area contributed by atoms with Crippen LogP contribution < -0.4 is 4.74 Å². The highest BCUT2D eigenvalue weighted by molar-refractivity contribution is 7.11. The van der Waals surface area contributed by atoms with E-state index in [2.05, 4.69) is 0 Å². The van der Waals surface area contributed by atoms with Gasteiger partial charge in [-0.1, -0.05) is 6.92 Å². The molecule has 100 valence electrons. The maximum absolute atomic E-state index is 13.1. The van der Waals surface area contributed by atoms with Gasteiger partial charge in [0.1, 0.15) is 12.4 Å². The third-order valence-corrected chi connectivity index (χ3v) is 3.76. The van der Waals surface area contributed by atoms with E-state index in [9.17, 15) is 14.5 Å². The van der Waals surface area contributed by atoms with Crippen LogP contribution in [0.5, 0.6) is 5.75 Å². The molecule has 0 saturated carbocycles. The van der Waals surface area contributed by atoms with Crippen molar-refractivity contribution in [2.75, 3.05) is 0 Å². The molecule has 0 fully saturated rings. The molecule has 0 aliphatic rings. The van der Waals surface area contributed by atoms with E-state index < -0.39 is 10.7 Å². The van der Waals surface area contributed by atoms with Crippen LogP contribution in [0.15, 0.2) is 30.3 Å². The van der Waals surface area contributed by atoms with Gasteiger partial charge < -0.3 is 4.74 Å². The van der Waals surface area contributed by atoms with Gasteiger partial charge in [-0.25, -0.2) is 4.39 Å². The SMILES string of the molecule is CCc1ccc(COc2cc(F)ccc2[N+](=O)[O-])s1. The standard InChI is InChI=1S/C13H12FNO3S/c1-2-10-4-5-11(19-10)8-18-13-7-9(14)3-6-12(13)15(16)17/h3-7H,2,8H2,1H3. The van der Waals surface area contributed by atoms with Gasteiger partial charge >= 0.3 is 5.69 Å². The van der Waals surface area contributed by atoms with E-state index in [0.29, 0.717) is 0 Å². The van der Waals surface area contributed by atoms with Crippen LogP contribution in [0.4, 0.5) is 10.1 Å². The number of halogens is 1. The summed E-state index contributed by atoms with van der Waals surface area (Å²) in [7, 11) is 0. The van der Waals surface area contributed by atoms with Crippen LogP contribution in [0.25, 0.3) is 0 Å². The number of benzene rings is 1. The quantitative estimate of drug-likeness (QED) is 0.616. The van der Waals surface area contributed by atoms with Crippen molar-refractivity contribution in [1.29, 1.82) is 0 Å². The van der Waals surface area contributed by atoms with E-state index in [1.54, 1.807) is 11.3 Å². The monoisotopic (exact) mass is 281 g/mol. The molecule has 2 aromatic rings. The Kier molecular flexibility index (Phi) is 4.11. The van der Waals surface area contributed by atoms with Crippen molar-refractivity contribution in [3.63, 3.8) is 0 Å². The number of rotatable bonds is 5. The lowest BCUT2D eigenvalue weighted by molar-refractivity contribution is -0.386. The van der Waals surface area contributed by atoms with Gasteiger partial charge in [-0.15, -0.1) is 11.3 Å². The van der Waals surface area contributed by atoms with Gasteiger partial charge in [0.05, 0.1) is 4.92 Å². The summed E-state index contributed by atoms with van der Waals surface area (Å²) in [5.74, 6) is -0.600. The second-order valence-electron chi connectivity index (χ2n) is 3.88. The minimum Gasteiger partial charge on any atom is -0.481 e. The molecule has 2 rings (SSSR count). The topological polar surface area (TPSA) is 52.4 Å². The van der Waals surface area contributed by atoms with Gasteiger partial charge in [0.25, 0.3) is 0 Å². The molecule has 0 aliphatic carbocycles. The fraction of sp³-hybridized carbons (Fsp3) is 0.231. The number of ether oxygens (including phenoxy) is 1. The van der Waals surface area contributed by atoms with Crippen LogP contribution in [-0.4, -0.2) is 4.92 Å². The highest BCUT2D eigenvalue weighted by atomic mass is 32.1. The number of hydrogen-bond acceptors (Lipinski definition) is 4. The van der Waals surface area contributed by atoms with Gasteiger partial charge in [0, 0.05) is 21.9 Å². The Balaban J connectivity index is 2.14. The van der Waals surface area contributed by atoms with E-state index in [-0.39, 0.29) is 18.0 Å². The lowest BCUT2D eigenvalue weighted by Gasteiger charge is -2.05. The molecule has 0 spiro atoms. The predicted molar refractivity (Wildman–Crippen MR) is 71.1 cm³/mol. The van der Waals surface area contributed by atoms with Crippen LogP contribution in [0.3, 0.4) is 0 Å². The first-order valence-corrected chi connectivity index (χ1v) is 6.56. The molecular formula is C13H12FNO3S. The third kappa shape index (κ3) is 3.29. The molecule has 0 bridgehead atoms. The fourth-order valence-electron chi connectivity index (χ4n) is 1.59. The van der Waals surface area contributed by atoms with Crippen molar-refractivity contribution in [3.8, 4) is 5.75 Å². The number of nitro benzene ring substituents is 1. The van der Waals surface area contributed by atoms with Gasteiger partial charge in [-0.2, -0.15) is 0 Å². The van der Waals surface area contributed by atoms with Crippen LogP contribution in [0.1, 0.15) is 16.7 Å². The Bertz CT molecular complexity index is 597. The molecule has 4 nitrogen and oxygen atoms in total. The Hall–Kier alpha value is -1.95. The Morgan fingerprint density at radius 3 is 2.68 bits per heavy atom. The van der Waals surface area contributed by atoms with E-state index in [4.69, 9.17) is 4.74 Å². The first kappa shape index (κ1) is 13.5. The number of hydrogen-bond donors (Lipinski definition) is 0. The van der Waals surface area contributed by atoms with Crippen molar-refractivity contribution >= 4 is 17.0 Å². The summed E-state index contributed by atoms with van der Waals surface area (Å²) in [5.41, 5.74) is -0.228. The number of thiophene rings is 1. The van der Waals surface area contributed by atoms with E-state index in [0.717, 1.165) is 29.5 Å². The molecule has 0 amide bonds. The summed E-state index contributed by atoms with van der Waals surface area (Å²) < 4.78 is 18.4. The molecule has 1 aromatic heterocycles. The Labute approximate surface area is 113 Å². The molecule has 0 aliphatic heterocycles. The van der Waals surface area contributed by atoms with Crippen molar-refractivity contribution in [1.82, 2.24) is 0 Å². The molecule has 0 radical (unpaired) electrons. The number of aryl methyl sites for hydroxylation is 1. The minimum absolute atomic E-state index is 0.0450. The largest absolute Gasteiger partial charge is 0.481 e. The summed E-state index contributed by atoms with van der Waals surface area (Å²) >= 11 is 1.58. The molecule has 0 atom stereocenters. The molecule has 0 unspecified atom stereocenters. The summed E-state index contributed by atoms with van der Waals surface area (Å²) in [5, 5.41) is 10.8. The van der Waals surface area contributed by atoms with Crippen molar-refractivity contribution in [3.05, 3.63) is 56.0 Å². The zero-order chi connectivity index (χ0) is 13.8. The highest BCUT2D eigenvalue weighted by Crippen LogP contribution is 2.29. The minimum atomic E-state index is -0.583. The summed E-state index contributed by atoms with van der Waals surface area (Å²) in [6.07, 6.45) is 0.935. The van der Waals surface area contributed by atoms with Crippen molar-refractivity contribution in [2.45, 2.75) is 20.0 Å². The second kappa shape index (κ2) is 5.79. The zero-order valence-electron chi connectivity index (χ0n) is 10.3. The lowest BCUT2D eigenvalue weighted by atomic mass is 10.3. The molecular weight excluding hydrogens is 269 g/mol. The fourth-order valence-corrected chi connectivity index (χ4v) is 2.46. The van der Waals surface area contributed by atoms with Crippen molar-refractivity contribution < 1.29 is 14.1 Å². The maximum atomic E-state index is 13.1. The molecule has 6 heteroatoms. The Morgan fingerprint density at radius 2 is 2.05 bits per heavy atom. The molecule has 1 aromatic carbocycles. The molecule has 0 saturated heterocycles. The van der Waals surface area contributed by atoms with Gasteiger partial charge in [0.2, 0.25) is 0 Å². The highest BCUT2D eigenvalue weighted by Gasteiger charge is 2.16. The molecule has 0 N–H and O–H groups in total. The van der Waals surface area contributed by atoms with Crippen molar-refractivity contribution in [2.24, 2.45) is 0 Å². The smallest absolute Gasteiger partial charge is 0.311 e. The summed E-state index contributed by atoms with van der Waals surface area (Å²) in [4.78, 5) is 12.4. The van der Waals surface area contributed by atoms with E-state index in [1.807, 2.05) is 19.1 Å². The average molecular weight is 281 g/mol. The normalized spacial score (nSPS) is 10.4. The van der Waals surface area contributed by atoms with Gasteiger partial charge in [-0.3, -0.25) is 10.1 Å². The summed E-state index contributed by atoms with van der Waals surface area (Å²) in [6, 6.07) is 7.09. The number of nitro groups is 1. The lowest BCUT2D eigenvalue weighted by Crippen LogP contribution is -1.98. The second-order valence-corrected chi connectivity index (χ2v) is 5.13. The Morgan fingerprint density at radius 1 is 1.32 bits per heavy atom. The van der Waals surface area contributed by atoms with E-state index >= 15 is 0 Å². The summed E-state index contributed by atoms with van der Waals surface area (Å²) in [6.45, 7) is 2.25. The maximum Gasteiger partial charge on any atom is 0.311 e. The van der Waals surface area contributed by atoms with E-state index in [1.165, 1.54) is 4.88 Å². The first-order valence-electron chi connectivity index (χ1n) is 5.74. The average Bonchev–Trinajstić information content (AvgIpc) is 2.84. The predicted octanol–water partition coefficient (Wildman–Crippen LogP) is 3.94. The van der Waals surface area contributed by atoms with Gasteiger partial charge in [-0.05, 0) is 24.6 Å². The first-order chi connectivity index (χ1) is 9.10. The third-order valence-electron chi connectivity index (χ3n) is 2.55. The van der Waals surface area contributed by atoms with Crippen LogP contribution in [0.2, 0.25) is 0 Å². The zero-order valence-corrected chi connectivity index (χ0v) is 11.1. The molecule has 1 heterocycles. The number of nitrogens with zero attached hydrogens (tertiary/aromatic N) is 1. The van der Waals surface area contributed by atoms with Gasteiger partial charge in [0.15, 0.2) is 5.75 Å². The molecule has 19 heavy (non-hydrogen) atoms. The van der Waals surface area contributed by atoms with Crippen LogP contribution in [-0.2, 0) is 13.0 Å². The van der Waals surface area contributed by atoms with Crippen LogP contribution >= 0.6 is 11.3 Å².